The number of esters is 1. The SMILES string of the molecule is Cc1nn(-c2ccccc2)c(C)c1C(=O)OC(C)C(=O)N1CCN(c2ncccn2)CC1. The summed E-state index contributed by atoms with van der Waals surface area (Å²) in [5.74, 6) is -0.0995. The first-order valence-corrected chi connectivity index (χ1v) is 10.6. The Bertz CT molecular complexity index is 1090. The molecule has 4 rings (SSSR count). The second-order valence-corrected chi connectivity index (χ2v) is 7.70. The van der Waals surface area contributed by atoms with Gasteiger partial charge in [0.25, 0.3) is 5.91 Å². The van der Waals surface area contributed by atoms with Gasteiger partial charge in [0.05, 0.1) is 17.1 Å². The lowest BCUT2D eigenvalue weighted by Gasteiger charge is -2.35. The van der Waals surface area contributed by atoms with E-state index in [1.165, 1.54) is 0 Å². The summed E-state index contributed by atoms with van der Waals surface area (Å²) in [5.41, 5.74) is 2.48. The van der Waals surface area contributed by atoms with Crippen LogP contribution in [0.5, 0.6) is 0 Å². The van der Waals surface area contributed by atoms with Gasteiger partial charge in [-0.25, -0.2) is 19.4 Å². The maximum atomic E-state index is 12.9. The van der Waals surface area contributed by atoms with Gasteiger partial charge in [-0.15, -0.1) is 0 Å². The lowest BCUT2D eigenvalue weighted by molar-refractivity contribution is -0.140. The topological polar surface area (TPSA) is 93.5 Å². The molecule has 0 saturated carbocycles. The average molecular weight is 435 g/mol. The van der Waals surface area contributed by atoms with Crippen LogP contribution in [0.1, 0.15) is 28.7 Å². The molecule has 166 valence electrons. The second kappa shape index (κ2) is 9.17. The van der Waals surface area contributed by atoms with Gasteiger partial charge in [0.15, 0.2) is 6.10 Å². The zero-order chi connectivity index (χ0) is 22.7. The Kier molecular flexibility index (Phi) is 6.16. The zero-order valence-electron chi connectivity index (χ0n) is 18.4. The molecule has 1 unspecified atom stereocenters. The summed E-state index contributed by atoms with van der Waals surface area (Å²) in [6, 6.07) is 11.3. The van der Waals surface area contributed by atoms with Crippen LogP contribution in [-0.4, -0.2) is 68.8 Å². The maximum absolute atomic E-state index is 12.9. The third-order valence-corrected chi connectivity index (χ3v) is 5.55. The number of rotatable bonds is 5. The van der Waals surface area contributed by atoms with Gasteiger partial charge in [0, 0.05) is 38.6 Å². The van der Waals surface area contributed by atoms with Crippen LogP contribution in [0, 0.1) is 13.8 Å². The van der Waals surface area contributed by atoms with Gasteiger partial charge in [-0.05, 0) is 39.0 Å². The first kappa shape index (κ1) is 21.5. The van der Waals surface area contributed by atoms with Crippen molar-refractivity contribution in [2.45, 2.75) is 26.9 Å². The monoisotopic (exact) mass is 434 g/mol. The van der Waals surface area contributed by atoms with Gasteiger partial charge in [-0.1, -0.05) is 18.2 Å². The summed E-state index contributed by atoms with van der Waals surface area (Å²) in [5, 5.41) is 4.48. The van der Waals surface area contributed by atoms with Crippen LogP contribution in [0.4, 0.5) is 5.95 Å². The number of carbonyl (C=O) groups is 2. The van der Waals surface area contributed by atoms with Gasteiger partial charge in [0.1, 0.15) is 5.56 Å². The number of aromatic nitrogens is 4. The van der Waals surface area contributed by atoms with Crippen LogP contribution in [0.25, 0.3) is 5.69 Å². The summed E-state index contributed by atoms with van der Waals surface area (Å²) in [4.78, 5) is 38.0. The molecule has 32 heavy (non-hydrogen) atoms. The number of nitrogens with zero attached hydrogens (tertiary/aromatic N) is 6. The minimum atomic E-state index is -0.888. The first-order valence-electron chi connectivity index (χ1n) is 10.6. The predicted octanol–water partition coefficient (Wildman–Crippen LogP) is 2.17. The van der Waals surface area contributed by atoms with Crippen molar-refractivity contribution in [2.75, 3.05) is 31.1 Å². The Hall–Kier alpha value is -3.75. The fourth-order valence-corrected chi connectivity index (χ4v) is 3.87. The number of benzene rings is 1. The quantitative estimate of drug-likeness (QED) is 0.568. The van der Waals surface area contributed by atoms with Crippen LogP contribution < -0.4 is 4.90 Å². The van der Waals surface area contributed by atoms with E-state index in [0.29, 0.717) is 49.1 Å². The summed E-state index contributed by atoms with van der Waals surface area (Å²) >= 11 is 0. The molecule has 2 aromatic heterocycles. The number of carbonyl (C=O) groups excluding carboxylic acids is 2. The highest BCUT2D eigenvalue weighted by atomic mass is 16.5. The molecule has 9 heteroatoms. The molecule has 1 saturated heterocycles. The molecule has 0 N–H and O–H groups in total. The Labute approximate surface area is 186 Å². The van der Waals surface area contributed by atoms with E-state index in [4.69, 9.17) is 4.74 Å². The Morgan fingerprint density at radius 3 is 2.28 bits per heavy atom. The molecule has 0 aliphatic carbocycles. The van der Waals surface area contributed by atoms with Crippen LogP contribution in [0.3, 0.4) is 0 Å². The molecule has 1 aliphatic rings. The van der Waals surface area contributed by atoms with E-state index in [-0.39, 0.29) is 5.91 Å². The lowest BCUT2D eigenvalue weighted by atomic mass is 10.2. The molecule has 1 atom stereocenters. The second-order valence-electron chi connectivity index (χ2n) is 7.70. The summed E-state index contributed by atoms with van der Waals surface area (Å²) in [7, 11) is 0. The normalized spacial score (nSPS) is 14.8. The molecule has 1 aliphatic heterocycles. The van der Waals surface area contributed by atoms with Crippen LogP contribution in [0.15, 0.2) is 48.8 Å². The minimum Gasteiger partial charge on any atom is -0.449 e. The van der Waals surface area contributed by atoms with Crippen molar-refractivity contribution < 1.29 is 14.3 Å². The van der Waals surface area contributed by atoms with Crippen molar-refractivity contribution in [3.05, 3.63) is 65.7 Å². The number of hydrogen-bond donors (Lipinski definition) is 0. The first-order chi connectivity index (χ1) is 15.5. The highest BCUT2D eigenvalue weighted by Crippen LogP contribution is 2.20. The van der Waals surface area contributed by atoms with E-state index in [0.717, 1.165) is 5.69 Å². The lowest BCUT2D eigenvalue weighted by Crippen LogP contribution is -2.52. The fourth-order valence-electron chi connectivity index (χ4n) is 3.87. The molecule has 0 spiro atoms. The van der Waals surface area contributed by atoms with E-state index in [2.05, 4.69) is 15.1 Å². The van der Waals surface area contributed by atoms with Crippen LogP contribution in [0.2, 0.25) is 0 Å². The third kappa shape index (κ3) is 4.32. The van der Waals surface area contributed by atoms with Gasteiger partial charge in [-0.3, -0.25) is 4.79 Å². The van der Waals surface area contributed by atoms with E-state index in [1.54, 1.807) is 41.9 Å². The highest BCUT2D eigenvalue weighted by Gasteiger charge is 2.30. The highest BCUT2D eigenvalue weighted by molar-refractivity contribution is 5.94. The number of para-hydroxylation sites is 1. The molecule has 3 heterocycles. The van der Waals surface area contributed by atoms with Gasteiger partial charge >= 0.3 is 5.97 Å². The Morgan fingerprint density at radius 1 is 0.969 bits per heavy atom. The zero-order valence-corrected chi connectivity index (χ0v) is 18.4. The maximum Gasteiger partial charge on any atom is 0.342 e. The molecule has 1 fully saturated rings. The van der Waals surface area contributed by atoms with Crippen molar-refractivity contribution >= 4 is 17.8 Å². The largest absolute Gasteiger partial charge is 0.449 e. The van der Waals surface area contributed by atoms with Gasteiger partial charge in [-0.2, -0.15) is 5.10 Å². The van der Waals surface area contributed by atoms with E-state index in [9.17, 15) is 9.59 Å². The molecular weight excluding hydrogens is 408 g/mol. The molecule has 1 amide bonds. The van der Waals surface area contributed by atoms with Crippen molar-refractivity contribution in [2.24, 2.45) is 0 Å². The smallest absolute Gasteiger partial charge is 0.342 e. The van der Waals surface area contributed by atoms with Crippen molar-refractivity contribution in [1.29, 1.82) is 0 Å². The van der Waals surface area contributed by atoms with Crippen molar-refractivity contribution in [1.82, 2.24) is 24.6 Å². The number of aryl methyl sites for hydroxylation is 1. The van der Waals surface area contributed by atoms with Crippen LogP contribution >= 0.6 is 0 Å². The number of anilines is 1. The summed E-state index contributed by atoms with van der Waals surface area (Å²) in [6.45, 7) is 7.48. The molecule has 1 aromatic carbocycles. The molecule has 9 nitrogen and oxygen atoms in total. The average Bonchev–Trinajstić information content (AvgIpc) is 3.13. The summed E-state index contributed by atoms with van der Waals surface area (Å²) in [6.07, 6.45) is 2.51. The van der Waals surface area contributed by atoms with E-state index in [1.807, 2.05) is 42.2 Å². The number of piperazine rings is 1. The third-order valence-electron chi connectivity index (χ3n) is 5.55. The Morgan fingerprint density at radius 2 is 1.62 bits per heavy atom. The molecule has 3 aromatic rings. The van der Waals surface area contributed by atoms with E-state index >= 15 is 0 Å². The van der Waals surface area contributed by atoms with E-state index < -0.39 is 12.1 Å². The molecule has 0 bridgehead atoms. The molecular formula is C23H26N6O3. The standard InChI is InChI=1S/C23H26N6O3/c1-16-20(17(2)29(26-16)19-8-5-4-6-9-19)22(31)32-18(3)21(30)27-12-14-28(15-13-27)23-24-10-7-11-25-23/h4-11,18H,12-15H2,1-3H3. The number of amides is 1. The van der Waals surface area contributed by atoms with Crippen molar-refractivity contribution in [3.8, 4) is 5.69 Å². The fraction of sp³-hybridized carbons (Fsp3) is 0.348. The number of ether oxygens (including phenoxy) is 1. The minimum absolute atomic E-state index is 0.210. The van der Waals surface area contributed by atoms with Crippen LogP contribution in [-0.2, 0) is 9.53 Å². The van der Waals surface area contributed by atoms with Crippen molar-refractivity contribution in [3.63, 3.8) is 0 Å². The van der Waals surface area contributed by atoms with Gasteiger partial charge < -0.3 is 14.5 Å². The van der Waals surface area contributed by atoms with Gasteiger partial charge in [0.2, 0.25) is 5.95 Å². The summed E-state index contributed by atoms with van der Waals surface area (Å²) < 4.78 is 7.26. The predicted molar refractivity (Wildman–Crippen MR) is 119 cm³/mol. The Balaban J connectivity index is 1.39. The number of hydrogen-bond acceptors (Lipinski definition) is 7. The molecule has 0 radical (unpaired) electrons.